The fraction of sp³-hybridized carbons (Fsp3) is 0.667. The van der Waals surface area contributed by atoms with E-state index in [4.69, 9.17) is 4.74 Å². The average molecular weight is 306 g/mol. The molecule has 0 saturated carbocycles. The van der Waals surface area contributed by atoms with E-state index < -0.39 is 0 Å². The molecule has 1 spiro atoms. The zero-order valence-electron chi connectivity index (χ0n) is 12.8. The van der Waals surface area contributed by atoms with Gasteiger partial charge in [0.1, 0.15) is 0 Å². The third kappa shape index (κ3) is 3.46. The normalized spacial score (nSPS) is 28.2. The van der Waals surface area contributed by atoms with Gasteiger partial charge in [-0.2, -0.15) is 11.8 Å². The summed E-state index contributed by atoms with van der Waals surface area (Å²) < 4.78 is 6.15. The van der Waals surface area contributed by atoms with Crippen molar-refractivity contribution in [2.24, 2.45) is 5.92 Å². The minimum atomic E-state index is -0.261. The molecule has 0 radical (unpaired) electrons. The molecule has 2 aliphatic heterocycles. The van der Waals surface area contributed by atoms with Crippen molar-refractivity contribution in [3.8, 4) is 0 Å². The molecule has 1 N–H and O–H groups in total. The summed E-state index contributed by atoms with van der Waals surface area (Å²) in [7, 11) is 0. The van der Waals surface area contributed by atoms with E-state index in [-0.39, 0.29) is 17.6 Å². The van der Waals surface area contributed by atoms with Crippen LogP contribution in [0.1, 0.15) is 44.1 Å². The molecule has 3 heteroatoms. The van der Waals surface area contributed by atoms with E-state index in [9.17, 15) is 5.11 Å². The first-order valence-corrected chi connectivity index (χ1v) is 9.30. The molecule has 2 aliphatic rings. The van der Waals surface area contributed by atoms with E-state index in [1.165, 1.54) is 17.1 Å². The number of ether oxygens (including phenoxy) is 1. The van der Waals surface area contributed by atoms with Crippen LogP contribution in [0.25, 0.3) is 0 Å². The molecule has 116 valence electrons. The molecule has 21 heavy (non-hydrogen) atoms. The highest BCUT2D eigenvalue weighted by molar-refractivity contribution is 7.99. The van der Waals surface area contributed by atoms with Crippen molar-refractivity contribution in [2.45, 2.75) is 50.2 Å². The number of thioether (sulfide) groups is 1. The molecule has 3 unspecified atom stereocenters. The molecule has 0 aromatic heterocycles. The summed E-state index contributed by atoms with van der Waals surface area (Å²) in [5, 5.41) is 10.8. The van der Waals surface area contributed by atoms with Crippen molar-refractivity contribution in [3.63, 3.8) is 0 Å². The van der Waals surface area contributed by atoms with Gasteiger partial charge in [-0.1, -0.05) is 37.3 Å². The van der Waals surface area contributed by atoms with Crippen molar-refractivity contribution in [2.75, 3.05) is 18.1 Å². The Morgan fingerprint density at radius 3 is 2.67 bits per heavy atom. The predicted octanol–water partition coefficient (Wildman–Crippen LogP) is 3.84. The molecule has 2 saturated heterocycles. The van der Waals surface area contributed by atoms with E-state index >= 15 is 0 Å². The third-order valence-electron chi connectivity index (χ3n) is 5.26. The maximum atomic E-state index is 10.8. The van der Waals surface area contributed by atoms with Crippen LogP contribution in [0.4, 0.5) is 0 Å². The van der Waals surface area contributed by atoms with Gasteiger partial charge in [0.15, 0.2) is 0 Å². The summed E-state index contributed by atoms with van der Waals surface area (Å²) in [4.78, 5) is 0. The number of aliphatic hydroxyl groups is 1. The number of hydrogen-bond donors (Lipinski definition) is 1. The molecule has 2 heterocycles. The van der Waals surface area contributed by atoms with Crippen LogP contribution in [0.2, 0.25) is 0 Å². The molecule has 0 bridgehead atoms. The van der Waals surface area contributed by atoms with Crippen molar-refractivity contribution < 1.29 is 9.84 Å². The van der Waals surface area contributed by atoms with E-state index in [1.807, 2.05) is 17.8 Å². The number of aliphatic hydroxyl groups excluding tert-OH is 1. The van der Waals surface area contributed by atoms with Crippen molar-refractivity contribution >= 4 is 11.8 Å². The van der Waals surface area contributed by atoms with Gasteiger partial charge < -0.3 is 9.84 Å². The van der Waals surface area contributed by atoms with Gasteiger partial charge in [-0.05, 0) is 48.7 Å². The minimum Gasteiger partial charge on any atom is -0.392 e. The first-order chi connectivity index (χ1) is 10.2. The standard InChI is InChI=1S/C18H26O2S/c1-14(15-5-3-2-4-6-15)17(19)16-7-10-20-18(13-16)8-11-21-12-9-18/h2-6,14,16-17,19H,7-13H2,1H3. The Morgan fingerprint density at radius 2 is 1.95 bits per heavy atom. The zero-order valence-corrected chi connectivity index (χ0v) is 13.6. The molecule has 2 nitrogen and oxygen atoms in total. The quantitative estimate of drug-likeness (QED) is 0.920. The predicted molar refractivity (Wildman–Crippen MR) is 88.8 cm³/mol. The van der Waals surface area contributed by atoms with Gasteiger partial charge >= 0.3 is 0 Å². The van der Waals surface area contributed by atoms with Gasteiger partial charge in [0.05, 0.1) is 11.7 Å². The molecular formula is C18H26O2S. The maximum Gasteiger partial charge on any atom is 0.0701 e. The van der Waals surface area contributed by atoms with Gasteiger partial charge in [-0.25, -0.2) is 0 Å². The summed E-state index contributed by atoms with van der Waals surface area (Å²) in [5.41, 5.74) is 1.30. The fourth-order valence-corrected chi connectivity index (χ4v) is 5.05. The maximum absolute atomic E-state index is 10.8. The lowest BCUT2D eigenvalue weighted by Gasteiger charge is -2.45. The topological polar surface area (TPSA) is 29.5 Å². The number of rotatable bonds is 3. The summed E-state index contributed by atoms with van der Waals surface area (Å²) >= 11 is 2.03. The highest BCUT2D eigenvalue weighted by atomic mass is 32.2. The lowest BCUT2D eigenvalue weighted by Crippen LogP contribution is -2.46. The molecule has 1 aromatic carbocycles. The van der Waals surface area contributed by atoms with Crippen molar-refractivity contribution in [1.82, 2.24) is 0 Å². The average Bonchev–Trinajstić information content (AvgIpc) is 2.55. The van der Waals surface area contributed by atoms with Crippen molar-refractivity contribution in [3.05, 3.63) is 35.9 Å². The van der Waals surface area contributed by atoms with E-state index in [1.54, 1.807) is 0 Å². The molecular weight excluding hydrogens is 280 g/mol. The van der Waals surface area contributed by atoms with Gasteiger partial charge in [-0.15, -0.1) is 0 Å². The summed E-state index contributed by atoms with van der Waals surface area (Å²) in [6, 6.07) is 10.4. The minimum absolute atomic E-state index is 0.0611. The van der Waals surface area contributed by atoms with Gasteiger partial charge in [0.2, 0.25) is 0 Å². The second-order valence-corrected chi connectivity index (χ2v) is 7.81. The smallest absolute Gasteiger partial charge is 0.0701 e. The Morgan fingerprint density at radius 1 is 1.24 bits per heavy atom. The van der Waals surface area contributed by atoms with Crippen LogP contribution in [0.15, 0.2) is 30.3 Å². The first-order valence-electron chi connectivity index (χ1n) is 8.15. The molecule has 3 rings (SSSR count). The zero-order chi connectivity index (χ0) is 14.7. The molecule has 0 aliphatic carbocycles. The second kappa shape index (κ2) is 6.72. The number of hydrogen-bond acceptors (Lipinski definition) is 3. The molecule has 2 fully saturated rings. The third-order valence-corrected chi connectivity index (χ3v) is 6.24. The van der Waals surface area contributed by atoms with Gasteiger partial charge in [-0.3, -0.25) is 0 Å². The SMILES string of the molecule is CC(c1ccccc1)C(O)C1CCOC2(CCSCC2)C1. The Bertz CT molecular complexity index is 436. The highest BCUT2D eigenvalue weighted by Crippen LogP contribution is 2.42. The van der Waals surface area contributed by atoms with Crippen LogP contribution in [-0.4, -0.2) is 34.9 Å². The first kappa shape index (κ1) is 15.4. The lowest BCUT2D eigenvalue weighted by atomic mass is 9.75. The van der Waals surface area contributed by atoms with E-state index in [2.05, 4.69) is 31.2 Å². The van der Waals surface area contributed by atoms with Gasteiger partial charge in [0, 0.05) is 12.5 Å². The molecule has 1 aromatic rings. The van der Waals surface area contributed by atoms with Crippen LogP contribution >= 0.6 is 11.8 Å². The van der Waals surface area contributed by atoms with Crippen LogP contribution in [0, 0.1) is 5.92 Å². The Hall–Kier alpha value is -0.510. The van der Waals surface area contributed by atoms with E-state index in [0.29, 0.717) is 5.92 Å². The van der Waals surface area contributed by atoms with Crippen LogP contribution < -0.4 is 0 Å². The largest absolute Gasteiger partial charge is 0.392 e. The monoisotopic (exact) mass is 306 g/mol. The molecule has 0 amide bonds. The highest BCUT2D eigenvalue weighted by Gasteiger charge is 2.41. The summed E-state index contributed by atoms with van der Waals surface area (Å²) in [5.74, 6) is 2.98. The Labute approximate surface area is 132 Å². The second-order valence-electron chi connectivity index (χ2n) is 6.59. The number of benzene rings is 1. The fourth-order valence-electron chi connectivity index (χ4n) is 3.81. The van der Waals surface area contributed by atoms with Crippen LogP contribution in [0.3, 0.4) is 0 Å². The lowest BCUT2D eigenvalue weighted by molar-refractivity contribution is -0.122. The van der Waals surface area contributed by atoms with Crippen LogP contribution in [-0.2, 0) is 4.74 Å². The molecule has 3 atom stereocenters. The summed E-state index contributed by atoms with van der Waals surface area (Å²) in [6.07, 6.45) is 4.07. The van der Waals surface area contributed by atoms with Gasteiger partial charge in [0.25, 0.3) is 0 Å². The summed E-state index contributed by atoms with van der Waals surface area (Å²) in [6.45, 7) is 2.97. The van der Waals surface area contributed by atoms with Crippen molar-refractivity contribution in [1.29, 1.82) is 0 Å². The van der Waals surface area contributed by atoms with Crippen LogP contribution in [0.5, 0.6) is 0 Å². The van der Waals surface area contributed by atoms with E-state index in [0.717, 1.165) is 32.3 Å². The Balaban J connectivity index is 1.68. The Kier molecular flexibility index (Phi) is 4.92.